The van der Waals surface area contributed by atoms with E-state index in [1.807, 2.05) is 37.5 Å². The number of rotatable bonds is 8. The summed E-state index contributed by atoms with van der Waals surface area (Å²) >= 11 is 0. The number of carbonyl (C=O) groups is 2. The molecule has 0 radical (unpaired) electrons. The van der Waals surface area contributed by atoms with Gasteiger partial charge in [-0.15, -0.1) is 0 Å². The fourth-order valence-corrected chi connectivity index (χ4v) is 5.37. The van der Waals surface area contributed by atoms with Gasteiger partial charge in [0.1, 0.15) is 0 Å². The molecule has 4 unspecified atom stereocenters. The first-order valence-corrected chi connectivity index (χ1v) is 10.3. The summed E-state index contributed by atoms with van der Waals surface area (Å²) in [6.45, 7) is 15.4. The Hall–Kier alpha value is -1.32. The van der Waals surface area contributed by atoms with Gasteiger partial charge < -0.3 is 9.80 Å². The van der Waals surface area contributed by atoms with Crippen LogP contribution in [0.1, 0.15) is 60.8 Å². The van der Waals surface area contributed by atoms with Gasteiger partial charge >= 0.3 is 0 Å². The monoisotopic (exact) mass is 348 g/mol. The van der Waals surface area contributed by atoms with Crippen molar-refractivity contribution in [3.8, 4) is 0 Å². The number of nitrogens with zero attached hydrogens (tertiary/aromatic N) is 2. The van der Waals surface area contributed by atoms with Crippen LogP contribution >= 0.6 is 0 Å². The third kappa shape index (κ3) is 3.24. The number of hydrogen-bond acceptors (Lipinski definition) is 2. The predicted octanol–water partition coefficient (Wildman–Crippen LogP) is 3.72. The maximum Gasteiger partial charge on any atom is 0.250 e. The highest BCUT2D eigenvalue weighted by Crippen LogP contribution is 2.58. The molecule has 4 atom stereocenters. The second kappa shape index (κ2) is 8.37. The molecule has 2 rings (SSSR count). The summed E-state index contributed by atoms with van der Waals surface area (Å²) in [4.78, 5) is 30.3. The normalized spacial score (nSPS) is 27.8. The highest BCUT2D eigenvalue weighted by atomic mass is 16.2. The summed E-state index contributed by atoms with van der Waals surface area (Å²) in [5.74, 6) is 1.89. The zero-order valence-corrected chi connectivity index (χ0v) is 17.0. The molecule has 0 aromatic rings. The van der Waals surface area contributed by atoms with Gasteiger partial charge in [0.25, 0.3) is 11.8 Å². The van der Waals surface area contributed by atoms with E-state index in [9.17, 15) is 9.59 Å². The fourth-order valence-electron chi connectivity index (χ4n) is 5.37. The quantitative estimate of drug-likeness (QED) is 0.671. The van der Waals surface area contributed by atoms with E-state index in [2.05, 4.69) is 13.8 Å². The Bertz CT molecular complexity index is 486. The summed E-state index contributed by atoms with van der Waals surface area (Å²) in [5, 5.41) is 0. The van der Waals surface area contributed by atoms with Gasteiger partial charge in [-0.05, 0) is 57.8 Å². The van der Waals surface area contributed by atoms with Crippen molar-refractivity contribution in [2.45, 2.75) is 60.8 Å². The van der Waals surface area contributed by atoms with Crippen molar-refractivity contribution in [2.24, 2.45) is 23.7 Å². The second-order valence-corrected chi connectivity index (χ2v) is 7.38. The molecule has 2 aliphatic rings. The molecule has 1 fully saturated rings. The Kier molecular flexibility index (Phi) is 6.70. The predicted molar refractivity (Wildman–Crippen MR) is 102 cm³/mol. The molecule has 0 saturated heterocycles. The van der Waals surface area contributed by atoms with Crippen molar-refractivity contribution in [3.63, 3.8) is 0 Å². The van der Waals surface area contributed by atoms with Gasteiger partial charge in [0.2, 0.25) is 0 Å². The molecule has 2 aliphatic carbocycles. The molecule has 25 heavy (non-hydrogen) atoms. The molecule has 0 spiro atoms. The van der Waals surface area contributed by atoms with Gasteiger partial charge in [0, 0.05) is 37.3 Å². The van der Waals surface area contributed by atoms with Crippen LogP contribution in [0, 0.1) is 23.7 Å². The van der Waals surface area contributed by atoms with E-state index >= 15 is 0 Å². The average Bonchev–Trinajstić information content (AvgIpc) is 3.18. The Labute approximate surface area is 153 Å². The van der Waals surface area contributed by atoms with Crippen molar-refractivity contribution in [3.05, 3.63) is 11.1 Å². The van der Waals surface area contributed by atoms with Gasteiger partial charge in [0.15, 0.2) is 0 Å². The topological polar surface area (TPSA) is 40.6 Å². The smallest absolute Gasteiger partial charge is 0.250 e. The van der Waals surface area contributed by atoms with E-state index < -0.39 is 0 Å². The standard InChI is InChI=1S/C21H36N2O2/c1-7-14-15(8-2)17-13-16(14)18(20(24)22(9-3)10-4)19(17)21(25)23(11-5)12-6/h14-17H,7-13H2,1-6H3. The molecular formula is C21H36N2O2. The van der Waals surface area contributed by atoms with Gasteiger partial charge in [-0.1, -0.05) is 26.7 Å². The highest BCUT2D eigenvalue weighted by Gasteiger charge is 2.54. The molecule has 4 heteroatoms. The van der Waals surface area contributed by atoms with Gasteiger partial charge in [-0.3, -0.25) is 9.59 Å². The van der Waals surface area contributed by atoms with Crippen LogP contribution in [-0.2, 0) is 9.59 Å². The molecule has 2 bridgehead atoms. The van der Waals surface area contributed by atoms with E-state index in [4.69, 9.17) is 0 Å². The Morgan fingerprint density at radius 1 is 0.720 bits per heavy atom. The third-order valence-corrected chi connectivity index (χ3v) is 6.63. The van der Waals surface area contributed by atoms with Crippen LogP contribution in [0.5, 0.6) is 0 Å². The molecule has 142 valence electrons. The maximum absolute atomic E-state index is 13.3. The molecular weight excluding hydrogens is 312 g/mol. The first kappa shape index (κ1) is 20.0. The van der Waals surface area contributed by atoms with Crippen molar-refractivity contribution >= 4 is 11.8 Å². The van der Waals surface area contributed by atoms with Crippen LogP contribution in [0.2, 0.25) is 0 Å². The summed E-state index contributed by atoms with van der Waals surface area (Å²) in [5.41, 5.74) is 1.73. The third-order valence-electron chi connectivity index (χ3n) is 6.63. The highest BCUT2D eigenvalue weighted by molar-refractivity contribution is 6.06. The lowest BCUT2D eigenvalue weighted by Gasteiger charge is -2.35. The van der Waals surface area contributed by atoms with E-state index in [1.165, 1.54) is 0 Å². The van der Waals surface area contributed by atoms with Gasteiger partial charge in [-0.25, -0.2) is 0 Å². The number of hydrogen-bond donors (Lipinski definition) is 0. The fraction of sp³-hybridized carbons (Fsp3) is 0.810. The van der Waals surface area contributed by atoms with Gasteiger partial charge in [-0.2, -0.15) is 0 Å². The van der Waals surface area contributed by atoms with Crippen molar-refractivity contribution in [2.75, 3.05) is 26.2 Å². The van der Waals surface area contributed by atoms with E-state index in [1.54, 1.807) is 0 Å². The molecule has 0 N–H and O–H groups in total. The number of amides is 2. The first-order chi connectivity index (χ1) is 12.0. The van der Waals surface area contributed by atoms with Crippen LogP contribution in [-0.4, -0.2) is 47.8 Å². The SMILES string of the molecule is CCC1C2CC(C(C(=O)N(CC)CC)=C2C(=O)N(CC)CC)C1CC. The number of likely N-dealkylation sites (N-methyl/N-ethyl adjacent to an activating group) is 2. The van der Waals surface area contributed by atoms with Crippen LogP contribution < -0.4 is 0 Å². The minimum Gasteiger partial charge on any atom is -0.339 e. The van der Waals surface area contributed by atoms with E-state index in [0.717, 1.165) is 30.4 Å². The largest absolute Gasteiger partial charge is 0.339 e. The molecule has 1 saturated carbocycles. The molecule has 0 aliphatic heterocycles. The Balaban J connectivity index is 2.53. The first-order valence-electron chi connectivity index (χ1n) is 10.3. The summed E-state index contributed by atoms with van der Waals surface area (Å²) in [6, 6.07) is 0. The lowest BCUT2D eigenvalue weighted by molar-refractivity contribution is -0.130. The summed E-state index contributed by atoms with van der Waals surface area (Å²) in [7, 11) is 0. The van der Waals surface area contributed by atoms with Crippen LogP contribution in [0.15, 0.2) is 11.1 Å². The molecule has 0 heterocycles. The maximum atomic E-state index is 13.3. The van der Waals surface area contributed by atoms with Crippen LogP contribution in [0.25, 0.3) is 0 Å². The van der Waals surface area contributed by atoms with Gasteiger partial charge in [0.05, 0.1) is 0 Å². The minimum absolute atomic E-state index is 0.112. The van der Waals surface area contributed by atoms with Crippen LogP contribution in [0.3, 0.4) is 0 Å². The van der Waals surface area contributed by atoms with Crippen molar-refractivity contribution < 1.29 is 9.59 Å². The lowest BCUT2D eigenvalue weighted by atomic mass is 9.72. The zero-order chi connectivity index (χ0) is 18.7. The molecule has 4 nitrogen and oxygen atoms in total. The molecule has 2 amide bonds. The summed E-state index contributed by atoms with van der Waals surface area (Å²) in [6.07, 6.45) is 3.20. The lowest BCUT2D eigenvalue weighted by Crippen LogP contribution is -2.41. The Morgan fingerprint density at radius 2 is 1.04 bits per heavy atom. The zero-order valence-electron chi connectivity index (χ0n) is 17.0. The summed E-state index contributed by atoms with van der Waals surface area (Å²) < 4.78 is 0. The number of carbonyl (C=O) groups excluding carboxylic acids is 2. The minimum atomic E-state index is 0.112. The van der Waals surface area contributed by atoms with Crippen molar-refractivity contribution in [1.29, 1.82) is 0 Å². The Morgan fingerprint density at radius 3 is 1.28 bits per heavy atom. The molecule has 0 aromatic carbocycles. The van der Waals surface area contributed by atoms with Crippen molar-refractivity contribution in [1.82, 2.24) is 9.80 Å². The van der Waals surface area contributed by atoms with Crippen LogP contribution in [0.4, 0.5) is 0 Å². The second-order valence-electron chi connectivity index (χ2n) is 7.38. The van der Waals surface area contributed by atoms with E-state index in [0.29, 0.717) is 38.0 Å². The number of fused-ring (bicyclic) bond motifs is 2. The molecule has 0 aromatic heterocycles. The van der Waals surface area contributed by atoms with E-state index in [-0.39, 0.29) is 23.7 Å². The average molecular weight is 349 g/mol.